The molecule has 0 aromatic rings. The Hall–Kier alpha value is -0.790. The highest BCUT2D eigenvalue weighted by atomic mass is 16.4. The highest BCUT2D eigenvalue weighted by Crippen LogP contribution is 2.79. The third-order valence-corrected chi connectivity index (χ3v) is 10.9. The molecular weight excluding hydrogens is 332 g/mol. The Balaban J connectivity index is 1.66. The van der Waals surface area contributed by atoms with Gasteiger partial charge in [-0.25, -0.2) is 4.79 Å². The molecule has 0 heterocycles. The minimum absolute atomic E-state index is 0.0133. The quantitative estimate of drug-likeness (QED) is 0.618. The maximum Gasteiger partial charge on any atom is 0.332 e. The van der Waals surface area contributed by atoms with Gasteiger partial charge in [-0.05, 0) is 97.7 Å². The molecule has 0 aromatic carbocycles. The molecule has 5 aliphatic rings. The molecule has 2 nitrogen and oxygen atoms in total. The minimum atomic E-state index is -0.567. The van der Waals surface area contributed by atoms with Crippen LogP contribution in [-0.4, -0.2) is 11.1 Å². The van der Waals surface area contributed by atoms with Crippen molar-refractivity contribution in [2.24, 2.45) is 51.8 Å². The van der Waals surface area contributed by atoms with E-state index < -0.39 is 5.97 Å². The second kappa shape index (κ2) is 5.42. The van der Waals surface area contributed by atoms with Gasteiger partial charge < -0.3 is 5.11 Å². The SMILES string of the molecule is CC(C)[C@H]1CC[C@]2(C)C[C@H]3C(=C(C(=O)O)[C@@]45CC[C@@H](C)[C@@H]4CC[C@@]35C)C[C@@H]12. The molecular formula is C25H38O2. The summed E-state index contributed by atoms with van der Waals surface area (Å²) in [6.07, 6.45) is 9.92. The van der Waals surface area contributed by atoms with Crippen LogP contribution in [0.15, 0.2) is 11.1 Å². The summed E-state index contributed by atoms with van der Waals surface area (Å²) in [5, 5.41) is 10.5. The fraction of sp³-hybridized carbons (Fsp3) is 0.880. The Kier molecular flexibility index (Phi) is 3.66. The van der Waals surface area contributed by atoms with Gasteiger partial charge in [0.2, 0.25) is 0 Å². The summed E-state index contributed by atoms with van der Waals surface area (Å²) >= 11 is 0. The van der Waals surface area contributed by atoms with Crippen LogP contribution in [0.3, 0.4) is 0 Å². The highest BCUT2D eigenvalue weighted by molar-refractivity contribution is 5.91. The molecule has 5 rings (SSSR count). The molecule has 0 aliphatic heterocycles. The number of carbonyl (C=O) groups is 1. The lowest BCUT2D eigenvalue weighted by molar-refractivity contribution is -0.135. The number of carboxylic acid groups (broad SMARTS) is 1. The van der Waals surface area contributed by atoms with Gasteiger partial charge in [-0.1, -0.05) is 40.2 Å². The van der Waals surface area contributed by atoms with Crippen LogP contribution in [0, 0.1) is 51.8 Å². The van der Waals surface area contributed by atoms with Gasteiger partial charge in [0.1, 0.15) is 0 Å². The molecule has 0 amide bonds. The Morgan fingerprint density at radius 2 is 1.81 bits per heavy atom. The van der Waals surface area contributed by atoms with E-state index in [1.807, 2.05) is 0 Å². The van der Waals surface area contributed by atoms with Crippen molar-refractivity contribution in [2.45, 2.75) is 86.0 Å². The van der Waals surface area contributed by atoms with Crippen LogP contribution in [0.2, 0.25) is 0 Å². The lowest BCUT2D eigenvalue weighted by Crippen LogP contribution is -2.43. The van der Waals surface area contributed by atoms with Crippen molar-refractivity contribution < 1.29 is 9.90 Å². The topological polar surface area (TPSA) is 37.3 Å². The number of allylic oxidation sites excluding steroid dienone is 1. The number of rotatable bonds is 2. The van der Waals surface area contributed by atoms with Crippen molar-refractivity contribution in [2.75, 3.05) is 0 Å². The summed E-state index contributed by atoms with van der Waals surface area (Å²) in [5.41, 5.74) is 2.97. The Morgan fingerprint density at radius 3 is 2.48 bits per heavy atom. The van der Waals surface area contributed by atoms with Crippen molar-refractivity contribution in [3.63, 3.8) is 0 Å². The van der Waals surface area contributed by atoms with Crippen molar-refractivity contribution in [1.82, 2.24) is 0 Å². The van der Waals surface area contributed by atoms with Crippen LogP contribution in [0.4, 0.5) is 0 Å². The van der Waals surface area contributed by atoms with Gasteiger partial charge in [0.05, 0.1) is 0 Å². The summed E-state index contributed by atoms with van der Waals surface area (Å²) in [5.74, 6) is 3.47. The molecule has 4 saturated carbocycles. The Labute approximate surface area is 165 Å². The molecule has 5 aliphatic carbocycles. The lowest BCUT2D eigenvalue weighted by atomic mass is 9.54. The van der Waals surface area contributed by atoms with E-state index in [2.05, 4.69) is 34.6 Å². The first kappa shape index (κ1) is 18.3. The van der Waals surface area contributed by atoms with Crippen molar-refractivity contribution in [3.05, 3.63) is 11.1 Å². The first-order valence-corrected chi connectivity index (χ1v) is 11.6. The average molecular weight is 371 g/mol. The third-order valence-electron chi connectivity index (χ3n) is 10.9. The normalized spacial score (nSPS) is 53.5. The fourth-order valence-electron chi connectivity index (χ4n) is 9.65. The number of fused-ring (bicyclic) bond motifs is 3. The van der Waals surface area contributed by atoms with E-state index >= 15 is 0 Å². The summed E-state index contributed by atoms with van der Waals surface area (Å²) in [7, 11) is 0. The zero-order valence-corrected chi connectivity index (χ0v) is 18.0. The third kappa shape index (κ3) is 1.96. The lowest BCUT2D eigenvalue weighted by Gasteiger charge is -2.49. The van der Waals surface area contributed by atoms with Crippen LogP contribution < -0.4 is 0 Å². The van der Waals surface area contributed by atoms with Gasteiger partial charge in [0.15, 0.2) is 0 Å². The second-order valence-corrected chi connectivity index (χ2v) is 11.9. The molecule has 2 heteroatoms. The van der Waals surface area contributed by atoms with Gasteiger partial charge in [0.25, 0.3) is 0 Å². The molecule has 0 bridgehead atoms. The molecule has 8 atom stereocenters. The molecule has 27 heavy (non-hydrogen) atoms. The summed E-state index contributed by atoms with van der Waals surface area (Å²) < 4.78 is 0. The smallest absolute Gasteiger partial charge is 0.332 e. The second-order valence-electron chi connectivity index (χ2n) is 11.9. The fourth-order valence-corrected chi connectivity index (χ4v) is 9.65. The summed E-state index contributed by atoms with van der Waals surface area (Å²) in [6, 6.07) is 0. The Bertz CT molecular complexity index is 720. The first-order valence-electron chi connectivity index (χ1n) is 11.6. The maximum absolute atomic E-state index is 12.7. The van der Waals surface area contributed by atoms with Crippen LogP contribution in [0.5, 0.6) is 0 Å². The van der Waals surface area contributed by atoms with Gasteiger partial charge in [-0.2, -0.15) is 0 Å². The predicted molar refractivity (Wildman–Crippen MR) is 108 cm³/mol. The Morgan fingerprint density at radius 1 is 1.07 bits per heavy atom. The van der Waals surface area contributed by atoms with E-state index in [4.69, 9.17) is 0 Å². The molecule has 1 N–H and O–H groups in total. The van der Waals surface area contributed by atoms with Gasteiger partial charge in [-0.3, -0.25) is 0 Å². The number of carboxylic acids is 1. The largest absolute Gasteiger partial charge is 0.478 e. The van der Waals surface area contributed by atoms with E-state index in [0.29, 0.717) is 29.1 Å². The molecule has 0 aromatic heterocycles. The molecule has 0 radical (unpaired) electrons. The summed E-state index contributed by atoms with van der Waals surface area (Å²) in [4.78, 5) is 12.7. The average Bonchev–Trinajstić information content (AvgIpc) is 3.23. The van der Waals surface area contributed by atoms with E-state index in [-0.39, 0.29) is 10.8 Å². The molecule has 0 unspecified atom stereocenters. The van der Waals surface area contributed by atoms with Crippen LogP contribution in [-0.2, 0) is 4.79 Å². The molecule has 0 saturated heterocycles. The van der Waals surface area contributed by atoms with E-state index in [9.17, 15) is 9.90 Å². The first-order chi connectivity index (χ1) is 12.7. The van der Waals surface area contributed by atoms with Gasteiger partial charge in [-0.15, -0.1) is 0 Å². The molecule has 150 valence electrons. The van der Waals surface area contributed by atoms with Crippen LogP contribution in [0.1, 0.15) is 86.0 Å². The standard InChI is InChI=1S/C25H38O2/c1-14(2)16-7-9-23(4)13-20-17(12-19(16)23)21(22(26)27)25-11-6-15(3)18(25)8-10-24(20,25)5/h14-16,18-20H,6-13H2,1-5H3,(H,26,27)/t15-,16-,18+,19+,20+,23-,24+,25-/m1/s1. The van der Waals surface area contributed by atoms with E-state index in [1.54, 1.807) is 0 Å². The number of hydrogen-bond acceptors (Lipinski definition) is 1. The van der Waals surface area contributed by atoms with Crippen molar-refractivity contribution >= 4 is 5.97 Å². The predicted octanol–water partition coefficient (Wildman–Crippen LogP) is 6.31. The number of hydrogen-bond donors (Lipinski definition) is 1. The van der Waals surface area contributed by atoms with Gasteiger partial charge in [0, 0.05) is 11.0 Å². The zero-order chi connectivity index (χ0) is 19.4. The van der Waals surface area contributed by atoms with Gasteiger partial charge >= 0.3 is 5.97 Å². The minimum Gasteiger partial charge on any atom is -0.478 e. The molecule has 1 spiro atoms. The van der Waals surface area contributed by atoms with E-state index in [0.717, 1.165) is 30.3 Å². The van der Waals surface area contributed by atoms with E-state index in [1.165, 1.54) is 44.1 Å². The maximum atomic E-state index is 12.7. The molecule has 4 fully saturated rings. The van der Waals surface area contributed by atoms with Crippen LogP contribution in [0.25, 0.3) is 0 Å². The van der Waals surface area contributed by atoms with Crippen molar-refractivity contribution in [3.8, 4) is 0 Å². The number of aliphatic carboxylic acids is 1. The highest BCUT2D eigenvalue weighted by Gasteiger charge is 2.72. The van der Waals surface area contributed by atoms with Crippen LogP contribution >= 0.6 is 0 Å². The monoisotopic (exact) mass is 370 g/mol. The van der Waals surface area contributed by atoms with Crippen molar-refractivity contribution in [1.29, 1.82) is 0 Å². The zero-order valence-electron chi connectivity index (χ0n) is 18.0. The summed E-state index contributed by atoms with van der Waals surface area (Å²) in [6.45, 7) is 12.2.